The first-order chi connectivity index (χ1) is 6.56. The number of nitrogen functional groups attached to an aromatic ring is 1. The van der Waals surface area contributed by atoms with Gasteiger partial charge in [-0.25, -0.2) is 8.42 Å². The lowest BCUT2D eigenvalue weighted by molar-refractivity contribution is 0.217. The Morgan fingerprint density at radius 2 is 2.14 bits per heavy atom. The summed E-state index contributed by atoms with van der Waals surface area (Å²) in [7, 11) is -1.78. The Morgan fingerprint density at radius 1 is 1.43 bits per heavy atom. The molecule has 5 heteroatoms. The van der Waals surface area contributed by atoms with Crippen molar-refractivity contribution in [3.8, 4) is 0 Å². The number of methoxy groups -OCH3 is 1. The molecule has 1 aromatic rings. The fourth-order valence-corrected chi connectivity index (χ4v) is 2.24. The molecule has 0 bridgehead atoms. The molecule has 0 spiro atoms. The largest absolute Gasteiger partial charge is 0.399 e. The molecule has 0 saturated carbocycles. The highest BCUT2D eigenvalue weighted by atomic mass is 32.2. The van der Waals surface area contributed by atoms with Gasteiger partial charge in [-0.1, -0.05) is 6.07 Å². The molecule has 4 nitrogen and oxygen atoms in total. The van der Waals surface area contributed by atoms with E-state index in [-0.39, 0.29) is 17.3 Å². The summed E-state index contributed by atoms with van der Waals surface area (Å²) in [6.45, 7) is 0.192. The molecule has 0 aliphatic carbocycles. The zero-order valence-corrected chi connectivity index (χ0v) is 8.75. The van der Waals surface area contributed by atoms with Crippen LogP contribution in [0.25, 0.3) is 0 Å². The van der Waals surface area contributed by atoms with Crippen LogP contribution in [-0.4, -0.2) is 27.9 Å². The van der Waals surface area contributed by atoms with Gasteiger partial charge in [0.2, 0.25) is 0 Å². The molecule has 1 aromatic carbocycles. The average molecular weight is 215 g/mol. The number of ether oxygens (including phenoxy) is 1. The molecular weight excluding hydrogens is 202 g/mol. The molecule has 0 aliphatic heterocycles. The quantitative estimate of drug-likeness (QED) is 0.750. The van der Waals surface area contributed by atoms with Crippen LogP contribution >= 0.6 is 0 Å². The Bertz CT molecular complexity index is 400. The Morgan fingerprint density at radius 3 is 2.71 bits per heavy atom. The summed E-state index contributed by atoms with van der Waals surface area (Å²) < 4.78 is 27.9. The van der Waals surface area contributed by atoms with Crippen LogP contribution in [0.3, 0.4) is 0 Å². The minimum atomic E-state index is -3.25. The van der Waals surface area contributed by atoms with E-state index in [1.54, 1.807) is 12.1 Å². The second kappa shape index (κ2) is 4.43. The SMILES string of the molecule is COCCS(=O)(=O)c1cccc(N)c1. The van der Waals surface area contributed by atoms with E-state index in [1.165, 1.54) is 19.2 Å². The normalized spacial score (nSPS) is 11.5. The van der Waals surface area contributed by atoms with E-state index in [1.807, 2.05) is 0 Å². The number of benzene rings is 1. The molecule has 14 heavy (non-hydrogen) atoms. The Labute approximate surface area is 83.6 Å². The van der Waals surface area contributed by atoms with Crippen molar-refractivity contribution in [1.82, 2.24) is 0 Å². The van der Waals surface area contributed by atoms with Gasteiger partial charge in [0.15, 0.2) is 9.84 Å². The first-order valence-electron chi connectivity index (χ1n) is 4.13. The summed E-state index contributed by atoms with van der Waals surface area (Å²) in [5.74, 6) is -0.0209. The lowest BCUT2D eigenvalue weighted by Crippen LogP contribution is -2.11. The van der Waals surface area contributed by atoms with Crippen LogP contribution in [0.4, 0.5) is 5.69 Å². The first kappa shape index (κ1) is 11.0. The van der Waals surface area contributed by atoms with E-state index in [2.05, 4.69) is 0 Å². The third kappa shape index (κ3) is 2.71. The second-order valence-electron chi connectivity index (χ2n) is 2.88. The maximum absolute atomic E-state index is 11.6. The number of anilines is 1. The average Bonchev–Trinajstić information content (AvgIpc) is 2.15. The van der Waals surface area contributed by atoms with Gasteiger partial charge in [-0.05, 0) is 18.2 Å². The van der Waals surface area contributed by atoms with Crippen molar-refractivity contribution in [2.75, 3.05) is 25.2 Å². The maximum atomic E-state index is 11.6. The van der Waals surface area contributed by atoms with Crippen LogP contribution in [0, 0.1) is 0 Å². The van der Waals surface area contributed by atoms with Crippen molar-refractivity contribution in [2.45, 2.75) is 4.90 Å². The molecule has 0 saturated heterocycles. The molecule has 0 unspecified atom stereocenters. The molecule has 0 aliphatic rings. The van der Waals surface area contributed by atoms with Crippen molar-refractivity contribution >= 4 is 15.5 Å². The smallest absolute Gasteiger partial charge is 0.180 e. The van der Waals surface area contributed by atoms with Crippen molar-refractivity contribution in [3.05, 3.63) is 24.3 Å². The zero-order chi connectivity index (χ0) is 10.6. The molecule has 0 aromatic heterocycles. The summed E-state index contributed by atoms with van der Waals surface area (Å²) >= 11 is 0. The van der Waals surface area contributed by atoms with E-state index >= 15 is 0 Å². The van der Waals surface area contributed by atoms with E-state index in [0.29, 0.717) is 5.69 Å². The molecule has 78 valence electrons. The van der Waals surface area contributed by atoms with Crippen LogP contribution in [-0.2, 0) is 14.6 Å². The van der Waals surface area contributed by atoms with Gasteiger partial charge in [-0.3, -0.25) is 0 Å². The topological polar surface area (TPSA) is 69.4 Å². The first-order valence-corrected chi connectivity index (χ1v) is 5.79. The Balaban J connectivity index is 2.93. The minimum Gasteiger partial charge on any atom is -0.399 e. The highest BCUT2D eigenvalue weighted by Gasteiger charge is 2.13. The third-order valence-corrected chi connectivity index (χ3v) is 3.45. The van der Waals surface area contributed by atoms with E-state index in [0.717, 1.165) is 0 Å². The standard InChI is InChI=1S/C9H13NO3S/c1-13-5-6-14(11,12)9-4-2-3-8(10)7-9/h2-4,7H,5-6,10H2,1H3. The lowest BCUT2D eigenvalue weighted by atomic mass is 10.3. The Hall–Kier alpha value is -1.07. The van der Waals surface area contributed by atoms with Crippen LogP contribution in [0.2, 0.25) is 0 Å². The van der Waals surface area contributed by atoms with Gasteiger partial charge in [-0.15, -0.1) is 0 Å². The molecule has 0 amide bonds. The summed E-state index contributed by atoms with van der Waals surface area (Å²) in [4.78, 5) is 0.245. The molecule has 1 rings (SSSR count). The van der Waals surface area contributed by atoms with Crippen LogP contribution in [0.1, 0.15) is 0 Å². The van der Waals surface area contributed by atoms with Crippen molar-refractivity contribution in [3.63, 3.8) is 0 Å². The van der Waals surface area contributed by atoms with Crippen molar-refractivity contribution in [2.24, 2.45) is 0 Å². The fraction of sp³-hybridized carbons (Fsp3) is 0.333. The van der Waals surface area contributed by atoms with Gasteiger partial charge in [0.1, 0.15) is 0 Å². The number of hydrogen-bond acceptors (Lipinski definition) is 4. The van der Waals surface area contributed by atoms with Crippen LogP contribution in [0.5, 0.6) is 0 Å². The number of sulfone groups is 1. The maximum Gasteiger partial charge on any atom is 0.180 e. The van der Waals surface area contributed by atoms with E-state index in [9.17, 15) is 8.42 Å². The third-order valence-electron chi connectivity index (χ3n) is 1.77. The molecule has 2 N–H and O–H groups in total. The predicted octanol–water partition coefficient (Wildman–Crippen LogP) is 0.689. The number of nitrogens with two attached hydrogens (primary N) is 1. The predicted molar refractivity (Wildman–Crippen MR) is 54.8 cm³/mol. The van der Waals surface area contributed by atoms with Gasteiger partial charge < -0.3 is 10.5 Å². The molecule has 0 radical (unpaired) electrons. The summed E-state index contributed by atoms with van der Waals surface area (Å²) in [5.41, 5.74) is 5.94. The highest BCUT2D eigenvalue weighted by molar-refractivity contribution is 7.91. The second-order valence-corrected chi connectivity index (χ2v) is 4.99. The van der Waals surface area contributed by atoms with Gasteiger partial charge in [0.05, 0.1) is 17.3 Å². The number of rotatable bonds is 4. The molecule has 0 fully saturated rings. The summed E-state index contributed by atoms with van der Waals surface area (Å²) in [6, 6.07) is 6.25. The van der Waals surface area contributed by atoms with Crippen molar-refractivity contribution < 1.29 is 13.2 Å². The summed E-state index contributed by atoms with van der Waals surface area (Å²) in [5, 5.41) is 0. The fourth-order valence-electron chi connectivity index (χ4n) is 1.02. The van der Waals surface area contributed by atoms with Crippen LogP contribution in [0.15, 0.2) is 29.2 Å². The monoisotopic (exact) mass is 215 g/mol. The highest BCUT2D eigenvalue weighted by Crippen LogP contribution is 2.14. The lowest BCUT2D eigenvalue weighted by Gasteiger charge is -2.03. The molecule has 0 atom stereocenters. The van der Waals surface area contributed by atoms with Gasteiger partial charge in [0, 0.05) is 12.8 Å². The molecule has 0 heterocycles. The zero-order valence-electron chi connectivity index (χ0n) is 7.93. The minimum absolute atomic E-state index is 0.0209. The van der Waals surface area contributed by atoms with Crippen LogP contribution < -0.4 is 5.73 Å². The van der Waals surface area contributed by atoms with Crippen molar-refractivity contribution in [1.29, 1.82) is 0 Å². The Kier molecular flexibility index (Phi) is 3.49. The summed E-state index contributed by atoms with van der Waals surface area (Å²) in [6.07, 6.45) is 0. The van der Waals surface area contributed by atoms with E-state index in [4.69, 9.17) is 10.5 Å². The van der Waals surface area contributed by atoms with Gasteiger partial charge in [-0.2, -0.15) is 0 Å². The van der Waals surface area contributed by atoms with Gasteiger partial charge in [0.25, 0.3) is 0 Å². The van der Waals surface area contributed by atoms with Gasteiger partial charge >= 0.3 is 0 Å². The number of hydrogen-bond donors (Lipinski definition) is 1. The van der Waals surface area contributed by atoms with E-state index < -0.39 is 9.84 Å². The molecular formula is C9H13NO3S.